The first kappa shape index (κ1) is 19.1. The number of ether oxygens (including phenoxy) is 1. The minimum atomic E-state index is -0.108. The highest BCUT2D eigenvalue weighted by Gasteiger charge is 2.18. The number of nitrogens with zero attached hydrogens (tertiary/aromatic N) is 1. The van der Waals surface area contributed by atoms with Gasteiger partial charge in [0.05, 0.1) is 18.4 Å². The average Bonchev–Trinajstić information content (AvgIpc) is 3.36. The Kier molecular flexibility index (Phi) is 5.01. The van der Waals surface area contributed by atoms with Crippen LogP contribution in [0.25, 0.3) is 10.9 Å². The van der Waals surface area contributed by atoms with E-state index in [4.69, 9.17) is 9.15 Å². The van der Waals surface area contributed by atoms with Crippen LogP contribution >= 0.6 is 0 Å². The van der Waals surface area contributed by atoms with E-state index in [1.807, 2.05) is 42.6 Å². The Morgan fingerprint density at radius 3 is 2.45 bits per heavy atom. The van der Waals surface area contributed by atoms with Crippen LogP contribution in [-0.2, 0) is 12.0 Å². The normalized spacial score (nSPS) is 11.7. The molecule has 0 unspecified atom stereocenters. The summed E-state index contributed by atoms with van der Waals surface area (Å²) in [6.07, 6.45) is 3.41. The van der Waals surface area contributed by atoms with Crippen LogP contribution in [0.15, 0.2) is 77.5 Å². The van der Waals surface area contributed by atoms with Crippen molar-refractivity contribution in [2.45, 2.75) is 32.7 Å². The van der Waals surface area contributed by atoms with E-state index in [0.717, 1.165) is 16.7 Å². The summed E-state index contributed by atoms with van der Waals surface area (Å²) in [5.41, 5.74) is 3.06. The van der Waals surface area contributed by atoms with Gasteiger partial charge >= 0.3 is 0 Å². The smallest absolute Gasteiger partial charge is 0.230 e. The lowest BCUT2D eigenvalue weighted by Gasteiger charge is -2.19. The zero-order chi connectivity index (χ0) is 20.4. The van der Waals surface area contributed by atoms with Gasteiger partial charge in [0.2, 0.25) is 5.78 Å². The minimum Gasteiger partial charge on any atom is -0.492 e. The highest BCUT2D eigenvalue weighted by molar-refractivity contribution is 6.15. The Morgan fingerprint density at radius 2 is 1.76 bits per heavy atom. The average molecular weight is 387 g/mol. The van der Waals surface area contributed by atoms with E-state index in [9.17, 15) is 4.79 Å². The van der Waals surface area contributed by atoms with Gasteiger partial charge in [0.1, 0.15) is 12.4 Å². The van der Waals surface area contributed by atoms with Gasteiger partial charge in [-0.1, -0.05) is 51.1 Å². The monoisotopic (exact) mass is 387 g/mol. The summed E-state index contributed by atoms with van der Waals surface area (Å²) >= 11 is 0. The first-order chi connectivity index (χ1) is 13.9. The Labute approximate surface area is 170 Å². The molecule has 148 valence electrons. The number of carbonyl (C=O) groups excluding carboxylic acids is 1. The number of aromatic nitrogens is 1. The second-order valence-corrected chi connectivity index (χ2v) is 8.18. The van der Waals surface area contributed by atoms with Crippen molar-refractivity contribution in [3.05, 3.63) is 90.0 Å². The van der Waals surface area contributed by atoms with E-state index in [1.165, 1.54) is 11.8 Å². The lowest BCUT2D eigenvalue weighted by Crippen LogP contribution is -2.11. The Bertz CT molecular complexity index is 1110. The number of rotatable bonds is 6. The van der Waals surface area contributed by atoms with Gasteiger partial charge in [0, 0.05) is 17.1 Å². The third kappa shape index (κ3) is 3.97. The van der Waals surface area contributed by atoms with Crippen molar-refractivity contribution >= 4 is 16.7 Å². The van der Waals surface area contributed by atoms with Crippen LogP contribution < -0.4 is 4.74 Å². The van der Waals surface area contributed by atoms with E-state index in [0.29, 0.717) is 24.5 Å². The van der Waals surface area contributed by atoms with E-state index >= 15 is 0 Å². The fraction of sp³-hybridized carbons (Fsp3) is 0.240. The van der Waals surface area contributed by atoms with Crippen LogP contribution in [0, 0.1) is 0 Å². The van der Waals surface area contributed by atoms with Crippen LogP contribution in [0.2, 0.25) is 0 Å². The molecule has 4 aromatic rings. The topological polar surface area (TPSA) is 44.4 Å². The molecule has 0 atom stereocenters. The third-order valence-corrected chi connectivity index (χ3v) is 5.10. The summed E-state index contributed by atoms with van der Waals surface area (Å²) in [6.45, 7) is 7.75. The van der Waals surface area contributed by atoms with Gasteiger partial charge in [-0.3, -0.25) is 4.79 Å². The van der Waals surface area contributed by atoms with Crippen LogP contribution in [0.1, 0.15) is 42.5 Å². The molecule has 0 aliphatic rings. The molecule has 4 rings (SSSR count). The van der Waals surface area contributed by atoms with Crippen LogP contribution in [0.3, 0.4) is 0 Å². The molecule has 0 amide bonds. The van der Waals surface area contributed by atoms with Gasteiger partial charge in [0.25, 0.3) is 0 Å². The SMILES string of the molecule is CC(C)(C)c1ccc(OCCn2cc(C(=O)c3ccco3)c3ccccc32)cc1. The summed E-state index contributed by atoms with van der Waals surface area (Å²) in [7, 11) is 0. The number of ketones is 1. The van der Waals surface area contributed by atoms with Crippen LogP contribution in [0.4, 0.5) is 0 Å². The lowest BCUT2D eigenvalue weighted by atomic mass is 9.87. The Morgan fingerprint density at radius 1 is 1.00 bits per heavy atom. The first-order valence-corrected chi connectivity index (χ1v) is 9.83. The molecule has 0 aliphatic carbocycles. The first-order valence-electron chi connectivity index (χ1n) is 9.83. The maximum absolute atomic E-state index is 12.8. The van der Waals surface area contributed by atoms with Gasteiger partial charge in [-0.25, -0.2) is 0 Å². The summed E-state index contributed by atoms with van der Waals surface area (Å²) in [4.78, 5) is 12.8. The number of furan rings is 1. The number of fused-ring (bicyclic) bond motifs is 1. The summed E-state index contributed by atoms with van der Waals surface area (Å²) in [5.74, 6) is 1.09. The maximum Gasteiger partial charge on any atom is 0.230 e. The van der Waals surface area contributed by atoms with Crippen molar-refractivity contribution in [2.24, 2.45) is 0 Å². The quantitative estimate of drug-likeness (QED) is 0.390. The minimum absolute atomic E-state index is 0.108. The second kappa shape index (κ2) is 7.63. The molecule has 0 saturated heterocycles. The number of hydrogen-bond acceptors (Lipinski definition) is 3. The Hall–Kier alpha value is -3.27. The maximum atomic E-state index is 12.8. The molecule has 2 heterocycles. The van der Waals surface area contributed by atoms with Gasteiger partial charge in [0.15, 0.2) is 5.76 Å². The molecular weight excluding hydrogens is 362 g/mol. The van der Waals surface area contributed by atoms with Crippen molar-refractivity contribution < 1.29 is 13.9 Å². The van der Waals surface area contributed by atoms with E-state index in [-0.39, 0.29) is 11.2 Å². The van der Waals surface area contributed by atoms with Gasteiger partial charge in [-0.05, 0) is 41.3 Å². The van der Waals surface area contributed by atoms with Crippen molar-refractivity contribution in [1.29, 1.82) is 0 Å². The zero-order valence-corrected chi connectivity index (χ0v) is 17.0. The molecule has 0 spiro atoms. The van der Waals surface area contributed by atoms with Gasteiger partial charge in [-0.15, -0.1) is 0 Å². The summed E-state index contributed by atoms with van der Waals surface area (Å²) in [5, 5.41) is 0.920. The fourth-order valence-corrected chi connectivity index (χ4v) is 3.47. The lowest BCUT2D eigenvalue weighted by molar-refractivity contribution is 0.101. The second-order valence-electron chi connectivity index (χ2n) is 8.18. The highest BCUT2D eigenvalue weighted by Crippen LogP contribution is 2.26. The van der Waals surface area contributed by atoms with Gasteiger partial charge in [-0.2, -0.15) is 0 Å². The molecule has 0 radical (unpaired) electrons. The van der Waals surface area contributed by atoms with Gasteiger partial charge < -0.3 is 13.7 Å². The van der Waals surface area contributed by atoms with E-state index in [1.54, 1.807) is 12.1 Å². The molecule has 2 aromatic carbocycles. The van der Waals surface area contributed by atoms with Crippen LogP contribution in [-0.4, -0.2) is 17.0 Å². The van der Waals surface area contributed by atoms with Crippen LogP contribution in [0.5, 0.6) is 5.75 Å². The number of para-hydroxylation sites is 1. The molecule has 0 N–H and O–H groups in total. The predicted molar refractivity (Wildman–Crippen MR) is 115 cm³/mol. The summed E-state index contributed by atoms with van der Waals surface area (Å²) < 4.78 is 13.3. The zero-order valence-electron chi connectivity index (χ0n) is 17.0. The molecule has 0 bridgehead atoms. The number of carbonyl (C=O) groups is 1. The molecule has 29 heavy (non-hydrogen) atoms. The summed E-state index contributed by atoms with van der Waals surface area (Å²) in [6, 6.07) is 19.6. The molecule has 4 heteroatoms. The number of hydrogen-bond donors (Lipinski definition) is 0. The van der Waals surface area contributed by atoms with Crippen molar-refractivity contribution in [1.82, 2.24) is 4.57 Å². The number of benzene rings is 2. The van der Waals surface area contributed by atoms with E-state index < -0.39 is 0 Å². The predicted octanol–water partition coefficient (Wildman–Crippen LogP) is 5.84. The molecule has 4 nitrogen and oxygen atoms in total. The van der Waals surface area contributed by atoms with E-state index in [2.05, 4.69) is 37.5 Å². The molecule has 0 aliphatic heterocycles. The Balaban J connectivity index is 1.51. The van der Waals surface area contributed by atoms with Crippen molar-refractivity contribution in [2.75, 3.05) is 6.61 Å². The highest BCUT2D eigenvalue weighted by atomic mass is 16.5. The molecular formula is C25H25NO3. The standard InChI is InChI=1S/C25H25NO3/c1-25(2,3)18-10-12-19(13-11-18)28-16-14-26-17-21(20-7-4-5-8-22(20)26)24(27)23-9-6-15-29-23/h4-13,15,17H,14,16H2,1-3H3. The molecule has 0 fully saturated rings. The molecule has 2 aromatic heterocycles. The third-order valence-electron chi connectivity index (χ3n) is 5.10. The largest absolute Gasteiger partial charge is 0.492 e. The van der Waals surface area contributed by atoms with Crippen molar-refractivity contribution in [3.63, 3.8) is 0 Å². The fourth-order valence-electron chi connectivity index (χ4n) is 3.47. The van der Waals surface area contributed by atoms with Crippen molar-refractivity contribution in [3.8, 4) is 5.75 Å². The molecule has 0 saturated carbocycles.